The second-order valence-electron chi connectivity index (χ2n) is 4.67. The number of halogens is 1. The number of nitro benzene ring substituents is 1. The number of benzene rings is 1. The van der Waals surface area contributed by atoms with Gasteiger partial charge >= 0.3 is 5.69 Å². The second-order valence-corrected chi connectivity index (χ2v) is 4.99. The lowest BCUT2D eigenvalue weighted by Gasteiger charge is -2.40. The van der Waals surface area contributed by atoms with Crippen molar-refractivity contribution in [1.29, 1.82) is 0 Å². The van der Waals surface area contributed by atoms with Crippen LogP contribution in [0, 0.1) is 21.3 Å². The number of ether oxygens (including phenoxy) is 1. The van der Waals surface area contributed by atoms with Crippen molar-refractivity contribution in [3.05, 3.63) is 34.1 Å². The minimum atomic E-state index is -0.637. The van der Waals surface area contributed by atoms with Gasteiger partial charge in [0.15, 0.2) is 5.75 Å². The Kier molecular flexibility index (Phi) is 3.75. The summed E-state index contributed by atoms with van der Waals surface area (Å²) in [6, 6.07) is 3.35. The molecule has 0 spiro atoms. The Hall–Kier alpha value is -1.30. The van der Waals surface area contributed by atoms with Crippen molar-refractivity contribution in [2.75, 3.05) is 12.4 Å². The molecule has 0 bridgehead atoms. The smallest absolute Gasteiger partial charge is 0.313 e. The quantitative estimate of drug-likeness (QED) is 0.508. The Bertz CT molecular complexity index is 457. The first kappa shape index (κ1) is 13.1. The van der Waals surface area contributed by atoms with E-state index in [4.69, 9.17) is 4.74 Å². The summed E-state index contributed by atoms with van der Waals surface area (Å²) in [6.45, 7) is 0.392. The Balaban J connectivity index is 2.11. The van der Waals surface area contributed by atoms with Crippen molar-refractivity contribution in [2.45, 2.75) is 19.3 Å². The number of nitrogens with zero attached hydrogens (tertiary/aromatic N) is 1. The minimum absolute atomic E-state index is 0.0192. The van der Waals surface area contributed by atoms with E-state index in [-0.39, 0.29) is 16.9 Å². The van der Waals surface area contributed by atoms with Crippen LogP contribution in [0.25, 0.3) is 0 Å². The number of nitro groups is 1. The van der Waals surface area contributed by atoms with Crippen LogP contribution in [0.3, 0.4) is 0 Å². The highest BCUT2D eigenvalue weighted by Crippen LogP contribution is 2.42. The van der Waals surface area contributed by atoms with Crippen molar-refractivity contribution in [3.8, 4) is 5.75 Å². The number of hydrogen-bond acceptors (Lipinski definition) is 4. The first-order chi connectivity index (χ1) is 8.56. The van der Waals surface area contributed by atoms with E-state index in [2.05, 4.69) is 12.6 Å². The molecule has 0 saturated heterocycles. The zero-order valence-electron chi connectivity index (χ0n) is 9.76. The van der Waals surface area contributed by atoms with Crippen LogP contribution in [0.5, 0.6) is 5.75 Å². The summed E-state index contributed by atoms with van der Waals surface area (Å²) in [5.74, 6) is 0.179. The summed E-state index contributed by atoms with van der Waals surface area (Å²) in [7, 11) is 0. The van der Waals surface area contributed by atoms with E-state index in [1.807, 2.05) is 0 Å². The molecule has 0 aliphatic heterocycles. The van der Waals surface area contributed by atoms with Gasteiger partial charge in [0.2, 0.25) is 0 Å². The molecule has 1 aliphatic carbocycles. The van der Waals surface area contributed by atoms with Crippen molar-refractivity contribution in [2.24, 2.45) is 5.41 Å². The monoisotopic (exact) mass is 271 g/mol. The maximum atomic E-state index is 13.0. The third kappa shape index (κ3) is 2.58. The predicted molar refractivity (Wildman–Crippen MR) is 68.7 cm³/mol. The van der Waals surface area contributed by atoms with E-state index in [0.29, 0.717) is 12.4 Å². The second kappa shape index (κ2) is 5.14. The van der Waals surface area contributed by atoms with Crippen molar-refractivity contribution in [1.82, 2.24) is 0 Å². The highest BCUT2D eigenvalue weighted by Gasteiger charge is 2.37. The molecule has 1 fully saturated rings. The minimum Gasteiger partial charge on any atom is -0.486 e. The third-order valence-electron chi connectivity index (χ3n) is 3.40. The molecule has 6 heteroatoms. The van der Waals surface area contributed by atoms with Crippen LogP contribution in [0.15, 0.2) is 18.2 Å². The first-order valence-corrected chi connectivity index (χ1v) is 6.37. The van der Waals surface area contributed by atoms with Crippen LogP contribution in [0.1, 0.15) is 19.3 Å². The molecule has 0 heterocycles. The maximum Gasteiger partial charge on any atom is 0.313 e. The Morgan fingerprint density at radius 1 is 1.50 bits per heavy atom. The highest BCUT2D eigenvalue weighted by molar-refractivity contribution is 7.80. The van der Waals surface area contributed by atoms with Gasteiger partial charge in [0, 0.05) is 5.41 Å². The van der Waals surface area contributed by atoms with Crippen LogP contribution in [-0.2, 0) is 0 Å². The van der Waals surface area contributed by atoms with Gasteiger partial charge in [-0.1, -0.05) is 6.42 Å². The zero-order chi connectivity index (χ0) is 13.2. The summed E-state index contributed by atoms with van der Waals surface area (Å²) in [5.41, 5.74) is -0.311. The van der Waals surface area contributed by atoms with Crippen molar-refractivity contribution in [3.63, 3.8) is 0 Å². The van der Waals surface area contributed by atoms with E-state index >= 15 is 0 Å². The van der Waals surface area contributed by atoms with Crippen LogP contribution in [0.2, 0.25) is 0 Å². The lowest BCUT2D eigenvalue weighted by molar-refractivity contribution is -0.386. The molecule has 1 aromatic rings. The predicted octanol–water partition coefficient (Wildman–Crippen LogP) is 3.21. The molecule has 18 heavy (non-hydrogen) atoms. The van der Waals surface area contributed by atoms with Gasteiger partial charge in [-0.2, -0.15) is 12.6 Å². The molecule has 0 radical (unpaired) electrons. The van der Waals surface area contributed by atoms with E-state index < -0.39 is 10.7 Å². The normalized spacial score (nSPS) is 17.0. The fourth-order valence-electron chi connectivity index (χ4n) is 2.01. The Morgan fingerprint density at radius 3 is 2.72 bits per heavy atom. The lowest BCUT2D eigenvalue weighted by Crippen LogP contribution is -2.37. The average Bonchev–Trinajstić information content (AvgIpc) is 2.29. The van der Waals surface area contributed by atoms with E-state index in [9.17, 15) is 14.5 Å². The zero-order valence-corrected chi connectivity index (χ0v) is 10.7. The molecule has 0 unspecified atom stereocenters. The largest absolute Gasteiger partial charge is 0.486 e. The van der Waals surface area contributed by atoms with Crippen molar-refractivity contribution < 1.29 is 14.1 Å². The fourth-order valence-corrected chi connectivity index (χ4v) is 2.42. The van der Waals surface area contributed by atoms with E-state index in [1.54, 1.807) is 0 Å². The van der Waals surface area contributed by atoms with Crippen molar-refractivity contribution >= 4 is 18.3 Å². The Morgan fingerprint density at radius 2 is 2.22 bits per heavy atom. The number of rotatable bonds is 5. The van der Waals surface area contributed by atoms with Crippen LogP contribution in [0.4, 0.5) is 10.1 Å². The first-order valence-electron chi connectivity index (χ1n) is 5.74. The van der Waals surface area contributed by atoms with E-state index in [1.165, 1.54) is 6.07 Å². The molecule has 0 N–H and O–H groups in total. The standard InChI is InChI=1S/C12H14FNO3S/c13-9-2-3-11(10(6-9)14(15)16)17-7-12(8-18)4-1-5-12/h2-3,6,18H,1,4-5,7-8H2. The summed E-state index contributed by atoms with van der Waals surface area (Å²) < 4.78 is 18.4. The van der Waals surface area contributed by atoms with Gasteiger partial charge in [-0.25, -0.2) is 4.39 Å². The fraction of sp³-hybridized carbons (Fsp3) is 0.500. The average molecular weight is 271 g/mol. The summed E-state index contributed by atoms with van der Waals surface area (Å²) in [5, 5.41) is 10.8. The van der Waals surface area contributed by atoms with Gasteiger partial charge in [0.25, 0.3) is 0 Å². The molecule has 0 amide bonds. The van der Waals surface area contributed by atoms with Gasteiger partial charge < -0.3 is 4.74 Å². The summed E-state index contributed by atoms with van der Waals surface area (Å²) in [6.07, 6.45) is 3.17. The molecule has 1 saturated carbocycles. The molecule has 1 aliphatic rings. The van der Waals surface area contributed by atoms with Gasteiger partial charge in [-0.3, -0.25) is 10.1 Å². The molecule has 4 nitrogen and oxygen atoms in total. The topological polar surface area (TPSA) is 52.4 Å². The SMILES string of the molecule is O=[N+]([O-])c1cc(F)ccc1OCC1(CS)CCC1. The number of thiol groups is 1. The summed E-state index contributed by atoms with van der Waals surface area (Å²) >= 11 is 4.29. The molecule has 0 aromatic heterocycles. The highest BCUT2D eigenvalue weighted by atomic mass is 32.1. The molecular formula is C12H14FNO3S. The molecule has 98 valence electrons. The lowest BCUT2D eigenvalue weighted by atomic mass is 9.71. The van der Waals surface area contributed by atoms with Gasteiger partial charge in [0.05, 0.1) is 17.6 Å². The van der Waals surface area contributed by atoms with Gasteiger partial charge in [0.1, 0.15) is 5.82 Å². The molecule has 2 rings (SSSR count). The van der Waals surface area contributed by atoms with Gasteiger partial charge in [-0.15, -0.1) is 0 Å². The molecule has 1 aromatic carbocycles. The molecular weight excluding hydrogens is 257 g/mol. The number of hydrogen-bond donors (Lipinski definition) is 1. The van der Waals surface area contributed by atoms with Crippen LogP contribution in [-0.4, -0.2) is 17.3 Å². The summed E-state index contributed by atoms with van der Waals surface area (Å²) in [4.78, 5) is 10.2. The third-order valence-corrected chi connectivity index (χ3v) is 4.07. The maximum absolute atomic E-state index is 13.0. The van der Waals surface area contributed by atoms with Crippen LogP contribution < -0.4 is 4.74 Å². The van der Waals surface area contributed by atoms with Crippen LogP contribution >= 0.6 is 12.6 Å². The molecule has 0 atom stereocenters. The Labute approximate surface area is 110 Å². The van der Waals surface area contributed by atoms with Gasteiger partial charge in [-0.05, 0) is 30.7 Å². The van der Waals surface area contributed by atoms with E-state index in [0.717, 1.165) is 31.4 Å².